The third kappa shape index (κ3) is 3.55. The van der Waals surface area contributed by atoms with Crippen LogP contribution in [0.15, 0.2) is 16.6 Å². The van der Waals surface area contributed by atoms with Crippen LogP contribution in [0.4, 0.5) is 5.69 Å². The summed E-state index contributed by atoms with van der Waals surface area (Å²) in [6.45, 7) is 3.16. The van der Waals surface area contributed by atoms with Crippen molar-refractivity contribution >= 4 is 33.2 Å². The van der Waals surface area contributed by atoms with Gasteiger partial charge in [-0.15, -0.1) is 0 Å². The third-order valence-corrected chi connectivity index (χ3v) is 2.98. The number of nitro benzene ring substituents is 1. The molecule has 1 aromatic rings. The number of benzene rings is 1. The Hall–Kier alpha value is -0.850. The van der Waals surface area contributed by atoms with E-state index in [9.17, 15) is 15.2 Å². The van der Waals surface area contributed by atoms with Crippen molar-refractivity contribution in [1.29, 1.82) is 0 Å². The van der Waals surface area contributed by atoms with Gasteiger partial charge in [-0.3, -0.25) is 10.1 Å². The molecule has 0 fully saturated rings. The van der Waals surface area contributed by atoms with E-state index in [2.05, 4.69) is 15.9 Å². The minimum Gasteiger partial charge on any atom is -0.480 e. The Morgan fingerprint density at radius 1 is 1.53 bits per heavy atom. The minimum atomic E-state index is -0.739. The molecule has 1 aromatic carbocycles. The van der Waals surface area contributed by atoms with E-state index in [1.807, 2.05) is 0 Å². The fourth-order valence-corrected chi connectivity index (χ4v) is 1.97. The number of rotatable bonds is 4. The van der Waals surface area contributed by atoms with Crippen molar-refractivity contribution in [2.75, 3.05) is 0 Å². The minimum absolute atomic E-state index is 0.0628. The first-order chi connectivity index (χ1) is 7.82. The molecule has 17 heavy (non-hydrogen) atoms. The molecule has 0 heterocycles. The van der Waals surface area contributed by atoms with Crippen molar-refractivity contribution in [1.82, 2.24) is 0 Å². The molecule has 0 amide bonds. The van der Waals surface area contributed by atoms with Crippen molar-refractivity contribution in [3.05, 3.63) is 31.7 Å². The molecule has 0 spiro atoms. The highest BCUT2D eigenvalue weighted by Gasteiger charge is 2.23. The Morgan fingerprint density at radius 2 is 2.12 bits per heavy atom. The average Bonchev–Trinajstić information content (AvgIpc) is 2.20. The molecule has 1 rings (SSSR count). The van der Waals surface area contributed by atoms with E-state index >= 15 is 0 Å². The second-order valence-corrected chi connectivity index (χ2v) is 4.85. The van der Waals surface area contributed by atoms with Crippen molar-refractivity contribution < 1.29 is 14.8 Å². The lowest BCUT2D eigenvalue weighted by Gasteiger charge is -2.18. The second kappa shape index (κ2) is 5.66. The highest BCUT2D eigenvalue weighted by molar-refractivity contribution is 9.10. The van der Waals surface area contributed by atoms with Crippen LogP contribution >= 0.6 is 27.5 Å². The van der Waals surface area contributed by atoms with Crippen LogP contribution in [-0.4, -0.2) is 22.2 Å². The molecule has 0 bridgehead atoms. The summed E-state index contributed by atoms with van der Waals surface area (Å²) in [5.41, 5.74) is -0.239. The largest absolute Gasteiger partial charge is 0.480 e. The maximum atomic E-state index is 10.9. The van der Waals surface area contributed by atoms with Gasteiger partial charge in [0.2, 0.25) is 5.75 Å². The Labute approximate surface area is 112 Å². The number of aliphatic hydroxyl groups excluding tert-OH is 1. The number of hydrogen-bond donors (Lipinski definition) is 1. The number of aliphatic hydroxyl groups is 1. The number of halogens is 2. The van der Waals surface area contributed by atoms with Gasteiger partial charge >= 0.3 is 5.69 Å². The van der Waals surface area contributed by atoms with Crippen LogP contribution in [0.25, 0.3) is 0 Å². The summed E-state index contributed by atoms with van der Waals surface area (Å²) in [7, 11) is 0. The van der Waals surface area contributed by atoms with Gasteiger partial charge in [0.25, 0.3) is 0 Å². The first-order valence-electron chi connectivity index (χ1n) is 4.81. The van der Waals surface area contributed by atoms with E-state index in [-0.39, 0.29) is 16.5 Å². The summed E-state index contributed by atoms with van der Waals surface area (Å²) in [5.74, 6) is 0.0628. The molecule has 0 radical (unpaired) electrons. The van der Waals surface area contributed by atoms with E-state index < -0.39 is 17.1 Å². The summed E-state index contributed by atoms with van der Waals surface area (Å²) in [6.07, 6.45) is -1.30. The molecule has 0 aromatic heterocycles. The Kier molecular flexibility index (Phi) is 4.73. The van der Waals surface area contributed by atoms with Crippen LogP contribution in [0.1, 0.15) is 13.8 Å². The molecule has 2 unspecified atom stereocenters. The van der Waals surface area contributed by atoms with E-state index in [0.717, 1.165) is 0 Å². The molecule has 0 aliphatic rings. The highest BCUT2D eigenvalue weighted by Crippen LogP contribution is 2.38. The first-order valence-corrected chi connectivity index (χ1v) is 5.98. The monoisotopic (exact) mass is 323 g/mol. The normalized spacial score (nSPS) is 14.2. The number of hydrogen-bond acceptors (Lipinski definition) is 4. The van der Waals surface area contributed by atoms with Gasteiger partial charge < -0.3 is 9.84 Å². The van der Waals surface area contributed by atoms with Crippen molar-refractivity contribution in [3.8, 4) is 5.75 Å². The van der Waals surface area contributed by atoms with Gasteiger partial charge in [0.05, 0.1) is 15.5 Å². The second-order valence-electron chi connectivity index (χ2n) is 3.56. The van der Waals surface area contributed by atoms with Crippen molar-refractivity contribution in [3.63, 3.8) is 0 Å². The zero-order chi connectivity index (χ0) is 13.2. The van der Waals surface area contributed by atoms with Crippen molar-refractivity contribution in [2.24, 2.45) is 0 Å². The predicted molar refractivity (Wildman–Crippen MR) is 67.6 cm³/mol. The SMILES string of the molecule is CC(O)C(C)Oc1c(Br)cc(Cl)cc1[N+](=O)[O-]. The zero-order valence-electron chi connectivity index (χ0n) is 9.18. The smallest absolute Gasteiger partial charge is 0.313 e. The summed E-state index contributed by atoms with van der Waals surface area (Å²) >= 11 is 8.87. The molecular formula is C10H11BrClNO4. The average molecular weight is 325 g/mol. The Morgan fingerprint density at radius 3 is 2.59 bits per heavy atom. The number of nitrogens with zero attached hydrogens (tertiary/aromatic N) is 1. The fraction of sp³-hybridized carbons (Fsp3) is 0.400. The first kappa shape index (κ1) is 14.2. The molecule has 5 nitrogen and oxygen atoms in total. The van der Waals surface area contributed by atoms with Gasteiger partial charge in [-0.25, -0.2) is 0 Å². The van der Waals surface area contributed by atoms with E-state index in [1.54, 1.807) is 13.8 Å². The van der Waals surface area contributed by atoms with Crippen LogP contribution in [-0.2, 0) is 0 Å². The van der Waals surface area contributed by atoms with Gasteiger partial charge in [0.1, 0.15) is 6.10 Å². The molecule has 0 saturated heterocycles. The van der Waals surface area contributed by atoms with E-state index in [4.69, 9.17) is 16.3 Å². The lowest BCUT2D eigenvalue weighted by molar-refractivity contribution is -0.386. The van der Waals surface area contributed by atoms with Gasteiger partial charge in [-0.1, -0.05) is 11.6 Å². The van der Waals surface area contributed by atoms with Gasteiger partial charge in [0, 0.05) is 11.1 Å². The van der Waals surface area contributed by atoms with Crippen LogP contribution in [0.2, 0.25) is 5.02 Å². The molecule has 0 aliphatic heterocycles. The zero-order valence-corrected chi connectivity index (χ0v) is 11.5. The summed E-state index contributed by atoms with van der Waals surface area (Å²) < 4.78 is 5.74. The Balaban J connectivity index is 3.17. The molecule has 0 aliphatic carbocycles. The lowest BCUT2D eigenvalue weighted by Crippen LogP contribution is -2.26. The van der Waals surface area contributed by atoms with Crippen molar-refractivity contribution in [2.45, 2.75) is 26.1 Å². The summed E-state index contributed by atoms with van der Waals surface area (Å²) in [5, 5.41) is 20.4. The maximum Gasteiger partial charge on any atom is 0.313 e. The molecule has 94 valence electrons. The van der Waals surface area contributed by atoms with E-state index in [0.29, 0.717) is 4.47 Å². The maximum absolute atomic E-state index is 10.9. The van der Waals surface area contributed by atoms with Gasteiger partial charge in [-0.2, -0.15) is 0 Å². The molecular weight excluding hydrogens is 313 g/mol. The van der Waals surface area contributed by atoms with Crippen LogP contribution in [0.3, 0.4) is 0 Å². The quantitative estimate of drug-likeness (QED) is 0.682. The molecule has 0 saturated carbocycles. The standard InChI is InChI=1S/C10H11BrClNO4/c1-5(14)6(2)17-10-8(11)3-7(12)4-9(10)13(15)16/h3-6,14H,1-2H3. The molecule has 2 atom stereocenters. The topological polar surface area (TPSA) is 72.6 Å². The highest BCUT2D eigenvalue weighted by atomic mass is 79.9. The van der Waals surface area contributed by atoms with Crippen LogP contribution < -0.4 is 4.74 Å². The van der Waals surface area contributed by atoms with Gasteiger partial charge in [0.15, 0.2) is 0 Å². The molecule has 1 N–H and O–H groups in total. The summed E-state index contributed by atoms with van der Waals surface area (Å²) in [4.78, 5) is 10.3. The van der Waals surface area contributed by atoms with Crippen LogP contribution in [0, 0.1) is 10.1 Å². The Bertz CT molecular complexity index is 439. The molecule has 7 heteroatoms. The number of nitro groups is 1. The predicted octanol–water partition coefficient (Wildman–Crippen LogP) is 3.16. The fourth-order valence-electron chi connectivity index (χ4n) is 1.08. The third-order valence-electron chi connectivity index (χ3n) is 2.17. The lowest BCUT2D eigenvalue weighted by atomic mass is 10.2. The van der Waals surface area contributed by atoms with Gasteiger partial charge in [-0.05, 0) is 35.8 Å². The number of ether oxygens (including phenoxy) is 1. The van der Waals surface area contributed by atoms with Crippen LogP contribution in [0.5, 0.6) is 5.75 Å². The summed E-state index contributed by atoms with van der Waals surface area (Å²) in [6, 6.07) is 2.70. The van der Waals surface area contributed by atoms with E-state index in [1.165, 1.54) is 12.1 Å².